The maximum atomic E-state index is 12.4. The predicted molar refractivity (Wildman–Crippen MR) is 75.0 cm³/mol. The van der Waals surface area contributed by atoms with E-state index in [0.717, 1.165) is 18.2 Å². The molecule has 0 spiro atoms. The molecule has 2 aromatic rings. The molecule has 0 heterocycles. The topological polar surface area (TPSA) is 127 Å². The summed E-state index contributed by atoms with van der Waals surface area (Å²) in [6.45, 7) is 0. The van der Waals surface area contributed by atoms with Gasteiger partial charge in [0.2, 0.25) is 15.6 Å². The number of alkyl halides is 3. The average Bonchev–Trinajstić information content (AvgIpc) is 2.48. The monoisotopic (exact) mass is 379 g/mol. The van der Waals surface area contributed by atoms with Crippen LogP contribution in [-0.4, -0.2) is 29.9 Å². The smallest absolute Gasteiger partial charge is 0.504 e. The minimum atomic E-state index is -5.04. The molecule has 134 valence electrons. The second-order valence-corrected chi connectivity index (χ2v) is 6.54. The molecule has 0 unspecified atom stereocenters. The summed E-state index contributed by atoms with van der Waals surface area (Å²) in [6.07, 6.45) is -5.04. The van der Waals surface area contributed by atoms with E-state index in [1.54, 1.807) is 0 Å². The Morgan fingerprint density at radius 1 is 1.08 bits per heavy atom. The van der Waals surface area contributed by atoms with Gasteiger partial charge in [-0.05, 0) is 18.2 Å². The first-order valence-corrected chi connectivity index (χ1v) is 7.71. The fourth-order valence-corrected chi connectivity index (χ4v) is 3.18. The van der Waals surface area contributed by atoms with Gasteiger partial charge >= 0.3 is 12.0 Å². The van der Waals surface area contributed by atoms with Gasteiger partial charge in [0.25, 0.3) is 0 Å². The first-order chi connectivity index (χ1) is 11.4. The van der Waals surface area contributed by atoms with Gasteiger partial charge in [0.15, 0.2) is 5.75 Å². The van der Waals surface area contributed by atoms with Crippen molar-refractivity contribution in [1.82, 2.24) is 0 Å². The molecule has 0 bridgehead atoms. The number of nitrogens with zero attached hydrogens (tertiary/aromatic N) is 1. The van der Waals surface area contributed by atoms with Crippen LogP contribution in [0.3, 0.4) is 0 Å². The molecule has 0 aliphatic heterocycles. The van der Waals surface area contributed by atoms with Crippen LogP contribution in [0.1, 0.15) is 0 Å². The van der Waals surface area contributed by atoms with Crippen LogP contribution >= 0.6 is 0 Å². The lowest BCUT2D eigenvalue weighted by molar-refractivity contribution is -0.386. The lowest BCUT2D eigenvalue weighted by Gasteiger charge is -2.11. The maximum Gasteiger partial charge on any atom is 0.573 e. The third-order valence-electron chi connectivity index (χ3n) is 2.90. The van der Waals surface area contributed by atoms with E-state index in [0.29, 0.717) is 18.2 Å². The molecule has 0 aliphatic rings. The fraction of sp³-hybridized carbons (Fsp3) is 0.0769. The highest BCUT2D eigenvalue weighted by Crippen LogP contribution is 2.39. The first-order valence-electron chi connectivity index (χ1n) is 6.23. The molecule has 25 heavy (non-hydrogen) atoms. The molecule has 8 nitrogen and oxygen atoms in total. The zero-order valence-electron chi connectivity index (χ0n) is 11.9. The lowest BCUT2D eigenvalue weighted by Crippen LogP contribution is -2.17. The Hall–Kier alpha value is -3.02. The number of phenolic OH excluding ortho intramolecular Hbond substituents is 2. The summed E-state index contributed by atoms with van der Waals surface area (Å²) in [6, 6.07) is 4.36. The van der Waals surface area contributed by atoms with E-state index in [4.69, 9.17) is 0 Å². The minimum absolute atomic E-state index is 0.474. The molecule has 0 radical (unpaired) electrons. The van der Waals surface area contributed by atoms with Gasteiger partial charge in [-0.3, -0.25) is 10.1 Å². The Morgan fingerprint density at radius 2 is 1.72 bits per heavy atom. The summed E-state index contributed by atoms with van der Waals surface area (Å²) >= 11 is 0. The summed E-state index contributed by atoms with van der Waals surface area (Å²) in [5, 5.41) is 29.6. The van der Waals surface area contributed by atoms with E-state index >= 15 is 0 Å². The number of benzene rings is 2. The van der Waals surface area contributed by atoms with Crippen LogP contribution in [0, 0.1) is 10.1 Å². The largest absolute Gasteiger partial charge is 0.573 e. The van der Waals surface area contributed by atoms with Gasteiger partial charge in [0.1, 0.15) is 5.75 Å². The van der Waals surface area contributed by atoms with Gasteiger partial charge in [0, 0.05) is 12.1 Å². The number of ether oxygens (including phenoxy) is 1. The lowest BCUT2D eigenvalue weighted by atomic mass is 10.3. The molecule has 0 aliphatic carbocycles. The summed E-state index contributed by atoms with van der Waals surface area (Å²) < 4.78 is 65.2. The van der Waals surface area contributed by atoms with Crippen LogP contribution in [0.4, 0.5) is 18.9 Å². The quantitative estimate of drug-likeness (QED) is 0.475. The Morgan fingerprint density at radius 3 is 2.28 bits per heavy atom. The summed E-state index contributed by atoms with van der Waals surface area (Å²) in [5.74, 6) is -3.03. The molecular formula is C13H8F3NO7S. The number of sulfone groups is 1. The van der Waals surface area contributed by atoms with Crippen LogP contribution in [0.15, 0.2) is 46.2 Å². The van der Waals surface area contributed by atoms with Crippen molar-refractivity contribution in [3.8, 4) is 17.2 Å². The van der Waals surface area contributed by atoms with Crippen molar-refractivity contribution in [3.05, 3.63) is 46.5 Å². The standard InChI is InChI=1S/C13H8F3NO7S/c14-13(15,16)24-7-2-1-3-8(4-7)25(22,23)9-5-10(17(20)21)12(19)11(18)6-9/h1-6,18-19H. The van der Waals surface area contributed by atoms with E-state index in [1.165, 1.54) is 0 Å². The van der Waals surface area contributed by atoms with Gasteiger partial charge in [-0.1, -0.05) is 6.07 Å². The average molecular weight is 379 g/mol. The van der Waals surface area contributed by atoms with Gasteiger partial charge < -0.3 is 14.9 Å². The summed E-state index contributed by atoms with van der Waals surface area (Å²) in [5.41, 5.74) is -1.08. The Kier molecular flexibility index (Phi) is 4.49. The van der Waals surface area contributed by atoms with Gasteiger partial charge in [-0.25, -0.2) is 8.42 Å². The molecule has 0 saturated heterocycles. The molecular weight excluding hydrogens is 371 g/mol. The molecule has 2 N–H and O–H groups in total. The number of phenols is 2. The summed E-state index contributed by atoms with van der Waals surface area (Å²) in [4.78, 5) is 8.22. The number of nitro benzene ring substituents is 1. The van der Waals surface area contributed by atoms with Crippen LogP contribution in [0.2, 0.25) is 0 Å². The van der Waals surface area contributed by atoms with Gasteiger partial charge in [-0.15, -0.1) is 13.2 Å². The second-order valence-electron chi connectivity index (χ2n) is 4.59. The van der Waals surface area contributed by atoms with Crippen molar-refractivity contribution in [3.63, 3.8) is 0 Å². The van der Waals surface area contributed by atoms with E-state index in [1.807, 2.05) is 0 Å². The molecule has 12 heteroatoms. The Bertz CT molecular complexity index is 941. The number of rotatable bonds is 4. The first kappa shape index (κ1) is 18.3. The Labute approximate surface area is 137 Å². The van der Waals surface area contributed by atoms with Crippen molar-refractivity contribution in [2.24, 2.45) is 0 Å². The molecule has 0 aromatic heterocycles. The number of halogens is 3. The van der Waals surface area contributed by atoms with Crippen molar-refractivity contribution >= 4 is 15.5 Å². The van der Waals surface area contributed by atoms with Crippen LogP contribution in [0.25, 0.3) is 0 Å². The van der Waals surface area contributed by atoms with E-state index in [2.05, 4.69) is 4.74 Å². The van der Waals surface area contributed by atoms with Crippen molar-refractivity contribution < 1.29 is 41.5 Å². The Balaban J connectivity index is 2.57. The molecule has 0 fully saturated rings. The zero-order valence-corrected chi connectivity index (χ0v) is 12.7. The maximum absolute atomic E-state index is 12.4. The fourth-order valence-electron chi connectivity index (χ4n) is 1.85. The molecule has 0 amide bonds. The highest BCUT2D eigenvalue weighted by atomic mass is 32.2. The van der Waals surface area contributed by atoms with Gasteiger partial charge in [-0.2, -0.15) is 0 Å². The molecule has 0 atom stereocenters. The highest BCUT2D eigenvalue weighted by molar-refractivity contribution is 7.91. The molecule has 2 rings (SSSR count). The molecule has 0 saturated carbocycles. The SMILES string of the molecule is O=[N+]([O-])c1cc(S(=O)(=O)c2cccc(OC(F)(F)F)c2)cc(O)c1O. The van der Waals surface area contributed by atoms with E-state index in [9.17, 15) is 41.9 Å². The number of hydrogen-bond donors (Lipinski definition) is 2. The van der Waals surface area contributed by atoms with Crippen molar-refractivity contribution in [2.75, 3.05) is 0 Å². The van der Waals surface area contributed by atoms with Crippen LogP contribution in [0.5, 0.6) is 17.2 Å². The second kappa shape index (κ2) is 6.12. The molecule has 2 aromatic carbocycles. The third-order valence-corrected chi connectivity index (χ3v) is 4.63. The number of hydrogen-bond acceptors (Lipinski definition) is 7. The third kappa shape index (κ3) is 3.91. The van der Waals surface area contributed by atoms with Gasteiger partial charge in [0.05, 0.1) is 14.7 Å². The number of aromatic hydroxyl groups is 2. The minimum Gasteiger partial charge on any atom is -0.504 e. The van der Waals surface area contributed by atoms with Crippen LogP contribution < -0.4 is 4.74 Å². The normalized spacial score (nSPS) is 12.0. The summed E-state index contributed by atoms with van der Waals surface area (Å²) in [7, 11) is -4.54. The van der Waals surface area contributed by atoms with Crippen molar-refractivity contribution in [2.45, 2.75) is 16.2 Å². The zero-order chi connectivity index (χ0) is 19.0. The van der Waals surface area contributed by atoms with Crippen molar-refractivity contribution in [1.29, 1.82) is 0 Å². The van der Waals surface area contributed by atoms with E-state index in [-0.39, 0.29) is 0 Å². The number of nitro groups is 1. The predicted octanol–water partition coefficient (Wildman–Crippen LogP) is 2.74. The van der Waals surface area contributed by atoms with Crippen LogP contribution in [-0.2, 0) is 9.84 Å². The van der Waals surface area contributed by atoms with E-state index < -0.39 is 53.8 Å². The highest BCUT2D eigenvalue weighted by Gasteiger charge is 2.32.